The number of sulfonamides is 1. The first-order chi connectivity index (χ1) is 14.6. The molecule has 9 heteroatoms. The molecule has 0 bridgehead atoms. The lowest BCUT2D eigenvalue weighted by Gasteiger charge is -2.26. The van der Waals surface area contributed by atoms with Crippen LogP contribution in [-0.2, 0) is 14.8 Å². The minimum absolute atomic E-state index is 0.319. The lowest BCUT2D eigenvalue weighted by Crippen LogP contribution is -2.41. The van der Waals surface area contributed by atoms with Crippen LogP contribution in [0.2, 0.25) is 0 Å². The number of aryl methyl sites for hydroxylation is 1. The van der Waals surface area contributed by atoms with Gasteiger partial charge in [0.05, 0.1) is 39.3 Å². The normalized spacial score (nSPS) is 12.1. The van der Waals surface area contributed by atoms with E-state index in [9.17, 15) is 13.2 Å². The SMILES string of the molecule is CCC(NC(=O)CN(c1cc(C)ccc1OC)S(C)(=O)=O)c1ccc(OC)c(OC)c1. The van der Waals surface area contributed by atoms with E-state index in [1.54, 1.807) is 38.5 Å². The molecule has 8 nitrogen and oxygen atoms in total. The van der Waals surface area contributed by atoms with E-state index in [-0.39, 0.29) is 12.6 Å². The van der Waals surface area contributed by atoms with E-state index in [1.807, 2.05) is 26.0 Å². The number of methoxy groups -OCH3 is 3. The maximum absolute atomic E-state index is 12.9. The molecule has 1 amide bonds. The number of hydrogen-bond donors (Lipinski definition) is 1. The van der Waals surface area contributed by atoms with Crippen molar-refractivity contribution in [3.63, 3.8) is 0 Å². The topological polar surface area (TPSA) is 94.2 Å². The highest BCUT2D eigenvalue weighted by atomic mass is 32.2. The predicted octanol–water partition coefficient (Wildman–Crippen LogP) is 3.05. The summed E-state index contributed by atoms with van der Waals surface area (Å²) < 4.78 is 41.9. The standard InChI is InChI=1S/C22H30N2O6S/c1-7-17(16-9-11-20(29-4)21(13-16)30-5)23-22(25)14-24(31(6,26)27)18-12-15(2)8-10-19(18)28-3/h8-13,17H,7,14H2,1-6H3,(H,23,25). The molecule has 0 fully saturated rings. The zero-order valence-corrected chi connectivity index (χ0v) is 19.6. The monoisotopic (exact) mass is 450 g/mol. The van der Waals surface area contributed by atoms with Gasteiger partial charge < -0.3 is 19.5 Å². The van der Waals surface area contributed by atoms with E-state index < -0.39 is 15.9 Å². The minimum Gasteiger partial charge on any atom is -0.495 e. The molecule has 2 aromatic rings. The summed E-state index contributed by atoms with van der Waals surface area (Å²) in [7, 11) is 0.818. The van der Waals surface area contributed by atoms with Crippen molar-refractivity contribution in [2.45, 2.75) is 26.3 Å². The molecule has 1 unspecified atom stereocenters. The molecule has 0 saturated heterocycles. The highest BCUT2D eigenvalue weighted by Gasteiger charge is 2.25. The summed E-state index contributed by atoms with van der Waals surface area (Å²) in [6.07, 6.45) is 1.67. The molecule has 0 aliphatic carbocycles. The van der Waals surface area contributed by atoms with Gasteiger partial charge in [-0.2, -0.15) is 0 Å². The van der Waals surface area contributed by atoms with Crippen molar-refractivity contribution < 1.29 is 27.4 Å². The fourth-order valence-corrected chi connectivity index (χ4v) is 4.09. The number of nitrogens with one attached hydrogen (secondary N) is 1. The second-order valence-electron chi connectivity index (χ2n) is 7.09. The molecule has 0 aliphatic heterocycles. The van der Waals surface area contributed by atoms with Gasteiger partial charge in [0.1, 0.15) is 12.3 Å². The third-order valence-corrected chi connectivity index (χ3v) is 5.97. The van der Waals surface area contributed by atoms with Crippen LogP contribution in [0.15, 0.2) is 36.4 Å². The van der Waals surface area contributed by atoms with Crippen LogP contribution in [-0.4, -0.2) is 48.5 Å². The van der Waals surface area contributed by atoms with Crippen LogP contribution in [0.3, 0.4) is 0 Å². The number of carbonyl (C=O) groups is 1. The Hall–Kier alpha value is -2.94. The number of amides is 1. The molecule has 31 heavy (non-hydrogen) atoms. The van der Waals surface area contributed by atoms with Gasteiger partial charge in [-0.3, -0.25) is 9.10 Å². The van der Waals surface area contributed by atoms with Gasteiger partial charge in [-0.25, -0.2) is 8.42 Å². The predicted molar refractivity (Wildman–Crippen MR) is 121 cm³/mol. The number of ether oxygens (including phenoxy) is 3. The fraction of sp³-hybridized carbons (Fsp3) is 0.409. The molecule has 0 radical (unpaired) electrons. The first kappa shape index (κ1) is 24.3. The lowest BCUT2D eigenvalue weighted by molar-refractivity contribution is -0.120. The molecule has 2 rings (SSSR count). The summed E-state index contributed by atoms with van der Waals surface area (Å²) in [5.41, 5.74) is 1.99. The molecule has 0 aliphatic rings. The van der Waals surface area contributed by atoms with Crippen molar-refractivity contribution in [1.82, 2.24) is 5.32 Å². The highest BCUT2D eigenvalue weighted by molar-refractivity contribution is 7.92. The molecule has 1 N–H and O–H groups in total. The average molecular weight is 451 g/mol. The van der Waals surface area contributed by atoms with Gasteiger partial charge in [-0.1, -0.05) is 19.1 Å². The first-order valence-electron chi connectivity index (χ1n) is 9.78. The Morgan fingerprint density at radius 3 is 2.16 bits per heavy atom. The van der Waals surface area contributed by atoms with Crippen molar-refractivity contribution in [3.05, 3.63) is 47.5 Å². The van der Waals surface area contributed by atoms with Gasteiger partial charge in [-0.15, -0.1) is 0 Å². The van der Waals surface area contributed by atoms with Crippen molar-refractivity contribution in [3.8, 4) is 17.2 Å². The zero-order chi connectivity index (χ0) is 23.2. The molecule has 0 heterocycles. The summed E-state index contributed by atoms with van der Waals surface area (Å²) in [5.74, 6) is 1.07. The molecule has 1 atom stereocenters. The van der Waals surface area contributed by atoms with E-state index >= 15 is 0 Å². The Morgan fingerprint density at radius 2 is 1.61 bits per heavy atom. The number of rotatable bonds is 10. The quantitative estimate of drug-likeness (QED) is 0.598. The van der Waals surface area contributed by atoms with Crippen molar-refractivity contribution in [2.75, 3.05) is 38.4 Å². The van der Waals surface area contributed by atoms with Crippen LogP contribution in [0.1, 0.15) is 30.5 Å². The molecular weight excluding hydrogens is 420 g/mol. The lowest BCUT2D eigenvalue weighted by atomic mass is 10.0. The Bertz CT molecular complexity index is 1020. The summed E-state index contributed by atoms with van der Waals surface area (Å²) in [6, 6.07) is 10.3. The summed E-state index contributed by atoms with van der Waals surface area (Å²) in [5, 5.41) is 2.91. The Balaban J connectivity index is 2.29. The van der Waals surface area contributed by atoms with E-state index in [1.165, 1.54) is 7.11 Å². The number of benzene rings is 2. The second kappa shape index (κ2) is 10.4. The highest BCUT2D eigenvalue weighted by Crippen LogP contribution is 2.32. The van der Waals surface area contributed by atoms with Crippen LogP contribution >= 0.6 is 0 Å². The Labute approximate surface area is 184 Å². The van der Waals surface area contributed by atoms with Crippen LogP contribution in [0.4, 0.5) is 5.69 Å². The summed E-state index contributed by atoms with van der Waals surface area (Å²) in [4.78, 5) is 12.9. The minimum atomic E-state index is -3.73. The zero-order valence-electron chi connectivity index (χ0n) is 18.8. The largest absolute Gasteiger partial charge is 0.495 e. The second-order valence-corrected chi connectivity index (χ2v) is 8.99. The van der Waals surface area contributed by atoms with Crippen molar-refractivity contribution >= 4 is 21.6 Å². The van der Waals surface area contributed by atoms with Crippen LogP contribution < -0.4 is 23.8 Å². The number of carbonyl (C=O) groups excluding carboxylic acids is 1. The van der Waals surface area contributed by atoms with Crippen molar-refractivity contribution in [2.24, 2.45) is 0 Å². The van der Waals surface area contributed by atoms with Gasteiger partial charge in [0, 0.05) is 0 Å². The number of anilines is 1. The third kappa shape index (κ3) is 6.04. The van der Waals surface area contributed by atoms with E-state index in [0.717, 1.165) is 21.7 Å². The van der Waals surface area contributed by atoms with Gasteiger partial charge >= 0.3 is 0 Å². The average Bonchev–Trinajstić information content (AvgIpc) is 2.74. The number of nitrogens with zero attached hydrogens (tertiary/aromatic N) is 1. The first-order valence-corrected chi connectivity index (χ1v) is 11.6. The Morgan fingerprint density at radius 1 is 1.00 bits per heavy atom. The van der Waals surface area contributed by atoms with Gasteiger partial charge in [0.2, 0.25) is 15.9 Å². The smallest absolute Gasteiger partial charge is 0.241 e. The molecular formula is C22H30N2O6S. The molecule has 0 spiro atoms. The molecule has 0 saturated carbocycles. The summed E-state index contributed by atoms with van der Waals surface area (Å²) in [6.45, 7) is 3.40. The van der Waals surface area contributed by atoms with Crippen LogP contribution in [0, 0.1) is 6.92 Å². The molecule has 0 aromatic heterocycles. The third-order valence-electron chi connectivity index (χ3n) is 4.84. The van der Waals surface area contributed by atoms with Gasteiger partial charge in [0.15, 0.2) is 11.5 Å². The van der Waals surface area contributed by atoms with Gasteiger partial charge in [0.25, 0.3) is 0 Å². The molecule has 2 aromatic carbocycles. The van der Waals surface area contributed by atoms with E-state index in [4.69, 9.17) is 14.2 Å². The van der Waals surface area contributed by atoms with Crippen LogP contribution in [0.5, 0.6) is 17.2 Å². The maximum atomic E-state index is 12.9. The van der Waals surface area contributed by atoms with E-state index in [2.05, 4.69) is 5.32 Å². The van der Waals surface area contributed by atoms with Crippen LogP contribution in [0.25, 0.3) is 0 Å². The fourth-order valence-electron chi connectivity index (χ4n) is 3.24. The number of hydrogen-bond acceptors (Lipinski definition) is 6. The summed E-state index contributed by atoms with van der Waals surface area (Å²) >= 11 is 0. The Kier molecular flexibility index (Phi) is 8.15. The van der Waals surface area contributed by atoms with Gasteiger partial charge in [-0.05, 0) is 48.7 Å². The van der Waals surface area contributed by atoms with E-state index in [0.29, 0.717) is 29.4 Å². The maximum Gasteiger partial charge on any atom is 0.241 e. The van der Waals surface area contributed by atoms with Crippen molar-refractivity contribution in [1.29, 1.82) is 0 Å². The molecule has 170 valence electrons.